The van der Waals surface area contributed by atoms with Gasteiger partial charge in [0.25, 0.3) is 0 Å². The third-order valence-corrected chi connectivity index (χ3v) is 7.14. The normalized spacial score (nSPS) is 16.6. The molecule has 1 amide bonds. The lowest BCUT2D eigenvalue weighted by atomic mass is 10.1. The van der Waals surface area contributed by atoms with Crippen LogP contribution >= 0.6 is 0 Å². The number of ether oxygens (including phenoxy) is 1. The highest BCUT2D eigenvalue weighted by atomic mass is 16.5. The fraction of sp³-hybridized carbons (Fsp3) is 0.333. The molecule has 0 spiro atoms. The monoisotopic (exact) mass is 483 g/mol. The summed E-state index contributed by atoms with van der Waals surface area (Å²) < 4.78 is 7.96. The second kappa shape index (κ2) is 10.2. The third kappa shape index (κ3) is 4.86. The minimum atomic E-state index is -0.724. The molecule has 3 aromatic carbocycles. The number of imidazole rings is 1. The minimum absolute atomic E-state index is 0.0522. The van der Waals surface area contributed by atoms with Gasteiger partial charge in [-0.3, -0.25) is 4.79 Å². The first-order valence-corrected chi connectivity index (χ1v) is 12.7. The van der Waals surface area contributed by atoms with Gasteiger partial charge in [0.2, 0.25) is 5.91 Å². The Hall–Kier alpha value is -3.64. The van der Waals surface area contributed by atoms with Gasteiger partial charge in [0.1, 0.15) is 24.3 Å². The molecule has 2 unspecified atom stereocenters. The highest BCUT2D eigenvalue weighted by Crippen LogP contribution is 2.33. The number of benzene rings is 3. The van der Waals surface area contributed by atoms with Crippen LogP contribution in [0.2, 0.25) is 0 Å². The number of hydrogen-bond donors (Lipinski definition) is 1. The highest BCUT2D eigenvalue weighted by molar-refractivity contribution is 5.96. The molecule has 0 aliphatic carbocycles. The van der Waals surface area contributed by atoms with Gasteiger partial charge in [-0.25, -0.2) is 4.98 Å². The first-order chi connectivity index (χ1) is 17.4. The summed E-state index contributed by atoms with van der Waals surface area (Å²) in [5.41, 5.74) is 6.36. The van der Waals surface area contributed by atoms with Crippen molar-refractivity contribution < 1.29 is 14.6 Å². The Morgan fingerprint density at radius 2 is 1.83 bits per heavy atom. The number of amides is 1. The SMILES string of the molecule is CCc1ccc(N2CC(c3nc4ccccc4n3CC(O)COc3ccc(C)c(C)c3)CC2=O)cc1. The number of aryl methyl sites for hydroxylation is 3. The van der Waals surface area contributed by atoms with Crippen molar-refractivity contribution in [2.24, 2.45) is 0 Å². The van der Waals surface area contributed by atoms with E-state index in [0.717, 1.165) is 40.3 Å². The number of carbonyl (C=O) groups excluding carboxylic acids is 1. The molecule has 0 bridgehead atoms. The van der Waals surface area contributed by atoms with Gasteiger partial charge in [-0.05, 0) is 73.4 Å². The zero-order valence-corrected chi connectivity index (χ0v) is 21.1. The zero-order chi connectivity index (χ0) is 25.2. The molecule has 186 valence electrons. The highest BCUT2D eigenvalue weighted by Gasteiger charge is 2.35. The van der Waals surface area contributed by atoms with E-state index in [0.29, 0.717) is 19.5 Å². The lowest BCUT2D eigenvalue weighted by Crippen LogP contribution is -2.26. The van der Waals surface area contributed by atoms with Crippen molar-refractivity contribution in [3.8, 4) is 5.75 Å². The Kier molecular flexibility index (Phi) is 6.79. The first kappa shape index (κ1) is 24.1. The van der Waals surface area contributed by atoms with Crippen LogP contribution in [0.1, 0.15) is 41.8 Å². The van der Waals surface area contributed by atoms with Crippen LogP contribution in [0.4, 0.5) is 5.69 Å². The zero-order valence-electron chi connectivity index (χ0n) is 21.1. The Morgan fingerprint density at radius 3 is 2.58 bits per heavy atom. The minimum Gasteiger partial charge on any atom is -0.491 e. The Morgan fingerprint density at radius 1 is 1.06 bits per heavy atom. The fourth-order valence-corrected chi connectivity index (χ4v) is 4.90. The van der Waals surface area contributed by atoms with E-state index in [4.69, 9.17) is 9.72 Å². The lowest BCUT2D eigenvalue weighted by Gasteiger charge is -2.19. The Labute approximate surface area is 212 Å². The summed E-state index contributed by atoms with van der Waals surface area (Å²) in [5.74, 6) is 1.63. The number of hydrogen-bond acceptors (Lipinski definition) is 4. The Balaban J connectivity index is 1.36. The Bertz CT molecular complexity index is 1380. The van der Waals surface area contributed by atoms with E-state index in [2.05, 4.69) is 30.5 Å². The van der Waals surface area contributed by atoms with Crippen LogP contribution in [0.3, 0.4) is 0 Å². The van der Waals surface area contributed by atoms with Crippen molar-refractivity contribution in [1.29, 1.82) is 0 Å². The van der Waals surface area contributed by atoms with E-state index in [1.54, 1.807) is 0 Å². The van der Waals surface area contributed by atoms with Gasteiger partial charge in [0.05, 0.1) is 17.6 Å². The number of aromatic nitrogens is 2. The van der Waals surface area contributed by atoms with Gasteiger partial charge in [0.15, 0.2) is 0 Å². The first-order valence-electron chi connectivity index (χ1n) is 12.7. The van der Waals surface area contributed by atoms with Crippen molar-refractivity contribution in [2.45, 2.75) is 52.2 Å². The lowest BCUT2D eigenvalue weighted by molar-refractivity contribution is -0.117. The van der Waals surface area contributed by atoms with E-state index in [9.17, 15) is 9.90 Å². The predicted octanol–water partition coefficient (Wildman–Crippen LogP) is 5.18. The molecule has 6 heteroatoms. The average molecular weight is 484 g/mol. The van der Waals surface area contributed by atoms with E-state index in [1.165, 1.54) is 11.1 Å². The van der Waals surface area contributed by atoms with Gasteiger partial charge < -0.3 is 19.3 Å². The maximum Gasteiger partial charge on any atom is 0.227 e. The van der Waals surface area contributed by atoms with Crippen molar-refractivity contribution in [3.63, 3.8) is 0 Å². The maximum absolute atomic E-state index is 13.0. The standard InChI is InChI=1S/C30H33N3O3/c1-4-22-10-12-24(13-11-22)32-17-23(16-29(32)35)30-31-27-7-5-6-8-28(27)33(30)18-25(34)19-36-26-14-9-20(2)21(3)15-26/h5-15,23,25,34H,4,16-19H2,1-3H3. The quantitative estimate of drug-likeness (QED) is 0.375. The second-order valence-electron chi connectivity index (χ2n) is 9.71. The molecular formula is C30H33N3O3. The molecule has 36 heavy (non-hydrogen) atoms. The van der Waals surface area contributed by atoms with Gasteiger partial charge >= 0.3 is 0 Å². The molecule has 4 aromatic rings. The summed E-state index contributed by atoms with van der Waals surface area (Å²) in [5, 5.41) is 10.9. The van der Waals surface area contributed by atoms with Crippen molar-refractivity contribution >= 4 is 22.6 Å². The summed E-state index contributed by atoms with van der Waals surface area (Å²) in [7, 11) is 0. The molecule has 1 aliphatic heterocycles. The molecule has 6 nitrogen and oxygen atoms in total. The number of carbonyl (C=O) groups is 1. The molecule has 2 atom stereocenters. The van der Waals surface area contributed by atoms with Crippen LogP contribution in [0.15, 0.2) is 66.7 Å². The predicted molar refractivity (Wildman–Crippen MR) is 143 cm³/mol. The van der Waals surface area contributed by atoms with E-state index >= 15 is 0 Å². The average Bonchev–Trinajstić information content (AvgIpc) is 3.45. The molecular weight excluding hydrogens is 450 g/mol. The number of nitrogens with zero attached hydrogens (tertiary/aromatic N) is 3. The van der Waals surface area contributed by atoms with Gasteiger partial charge in [-0.15, -0.1) is 0 Å². The number of anilines is 1. The van der Waals surface area contributed by atoms with Crippen LogP contribution < -0.4 is 9.64 Å². The van der Waals surface area contributed by atoms with Crippen molar-refractivity contribution in [2.75, 3.05) is 18.1 Å². The second-order valence-corrected chi connectivity index (χ2v) is 9.71. The van der Waals surface area contributed by atoms with Gasteiger partial charge in [-0.1, -0.05) is 37.3 Å². The molecule has 0 radical (unpaired) electrons. The smallest absolute Gasteiger partial charge is 0.227 e. The summed E-state index contributed by atoms with van der Waals surface area (Å²) in [6, 6.07) is 22.1. The summed E-state index contributed by atoms with van der Waals surface area (Å²) >= 11 is 0. The number of fused-ring (bicyclic) bond motifs is 1. The van der Waals surface area contributed by atoms with Crippen LogP contribution in [0.5, 0.6) is 5.75 Å². The molecule has 0 saturated carbocycles. The van der Waals surface area contributed by atoms with Crippen LogP contribution in [-0.2, 0) is 17.8 Å². The van der Waals surface area contributed by atoms with Crippen molar-refractivity contribution in [1.82, 2.24) is 9.55 Å². The van der Waals surface area contributed by atoms with E-state index < -0.39 is 6.10 Å². The molecule has 1 saturated heterocycles. The van der Waals surface area contributed by atoms with Crippen LogP contribution in [0, 0.1) is 13.8 Å². The van der Waals surface area contributed by atoms with E-state index in [1.807, 2.05) is 66.4 Å². The molecule has 1 N–H and O–H groups in total. The third-order valence-electron chi connectivity index (χ3n) is 7.14. The molecule has 1 aromatic heterocycles. The summed E-state index contributed by atoms with van der Waals surface area (Å²) in [6.45, 7) is 7.33. The fourth-order valence-electron chi connectivity index (χ4n) is 4.90. The van der Waals surface area contributed by atoms with Gasteiger partial charge in [0, 0.05) is 24.6 Å². The molecule has 2 heterocycles. The number of rotatable bonds is 8. The van der Waals surface area contributed by atoms with Crippen LogP contribution in [0.25, 0.3) is 11.0 Å². The number of aliphatic hydroxyl groups is 1. The molecule has 1 aliphatic rings. The van der Waals surface area contributed by atoms with Crippen LogP contribution in [-0.4, -0.2) is 39.8 Å². The van der Waals surface area contributed by atoms with Crippen molar-refractivity contribution in [3.05, 3.63) is 89.2 Å². The number of para-hydroxylation sites is 2. The largest absolute Gasteiger partial charge is 0.491 e. The van der Waals surface area contributed by atoms with Gasteiger partial charge in [-0.2, -0.15) is 0 Å². The topological polar surface area (TPSA) is 67.6 Å². The summed E-state index contributed by atoms with van der Waals surface area (Å²) in [4.78, 5) is 19.8. The number of aliphatic hydroxyl groups excluding tert-OH is 1. The summed E-state index contributed by atoms with van der Waals surface area (Å²) in [6.07, 6.45) is 0.641. The van der Waals surface area contributed by atoms with E-state index in [-0.39, 0.29) is 18.4 Å². The maximum atomic E-state index is 13.0. The molecule has 1 fully saturated rings. The molecule has 5 rings (SSSR count).